The summed E-state index contributed by atoms with van der Waals surface area (Å²) in [6.45, 7) is 5.31. The van der Waals surface area contributed by atoms with Crippen LogP contribution in [0.3, 0.4) is 0 Å². The fourth-order valence-corrected chi connectivity index (χ4v) is 2.39. The maximum Gasteiger partial charge on any atom is 0.255 e. The van der Waals surface area contributed by atoms with Gasteiger partial charge in [-0.1, -0.05) is 0 Å². The number of aryl methyl sites for hydroxylation is 1. The van der Waals surface area contributed by atoms with Gasteiger partial charge in [0.05, 0.1) is 24.1 Å². The third-order valence-electron chi connectivity index (χ3n) is 3.40. The third kappa shape index (κ3) is 2.27. The Kier molecular flexibility index (Phi) is 3.17. The van der Waals surface area contributed by atoms with Crippen molar-refractivity contribution in [3.8, 4) is 0 Å². The van der Waals surface area contributed by atoms with Crippen LogP contribution in [0.1, 0.15) is 24.2 Å². The molecule has 1 amide bonds. The van der Waals surface area contributed by atoms with Crippen LogP contribution >= 0.6 is 0 Å². The number of nitrogens with zero attached hydrogens (tertiary/aromatic N) is 4. The van der Waals surface area contributed by atoms with Gasteiger partial charge in [0, 0.05) is 26.3 Å². The van der Waals surface area contributed by atoms with Gasteiger partial charge in [-0.15, -0.1) is 0 Å². The molecule has 6 heteroatoms. The second-order valence-electron chi connectivity index (χ2n) is 5.44. The van der Waals surface area contributed by atoms with Gasteiger partial charge in [-0.25, -0.2) is 9.97 Å². The van der Waals surface area contributed by atoms with Crippen molar-refractivity contribution in [2.75, 3.05) is 13.1 Å². The molecule has 0 N–H and O–H groups in total. The second-order valence-corrected chi connectivity index (χ2v) is 5.44. The standard InChI is InChI=1S/C14H18N4O2/c1-9(2)20-11-6-18(7-11)14(19)10-4-12-13(15-5-10)17(3)8-16-12/h4-5,8-9,11H,6-7H2,1-3H3. The first-order valence-electron chi connectivity index (χ1n) is 6.76. The lowest BCUT2D eigenvalue weighted by Crippen LogP contribution is -2.55. The van der Waals surface area contributed by atoms with E-state index in [0.717, 1.165) is 11.2 Å². The molecule has 1 aliphatic heterocycles. The number of ether oxygens (including phenoxy) is 1. The summed E-state index contributed by atoms with van der Waals surface area (Å²) in [4.78, 5) is 22.6. The first-order chi connectivity index (χ1) is 9.54. The van der Waals surface area contributed by atoms with Gasteiger partial charge in [-0.05, 0) is 19.9 Å². The van der Waals surface area contributed by atoms with Crippen molar-refractivity contribution < 1.29 is 9.53 Å². The fourth-order valence-electron chi connectivity index (χ4n) is 2.39. The largest absolute Gasteiger partial charge is 0.372 e. The highest BCUT2D eigenvalue weighted by atomic mass is 16.5. The van der Waals surface area contributed by atoms with Gasteiger partial charge >= 0.3 is 0 Å². The molecule has 3 rings (SSSR count). The highest BCUT2D eigenvalue weighted by molar-refractivity contribution is 5.96. The van der Waals surface area contributed by atoms with E-state index in [2.05, 4.69) is 9.97 Å². The van der Waals surface area contributed by atoms with Gasteiger partial charge in [0.15, 0.2) is 5.65 Å². The number of hydrogen-bond donors (Lipinski definition) is 0. The maximum absolute atomic E-state index is 12.3. The number of carbonyl (C=O) groups excluding carboxylic acids is 1. The smallest absolute Gasteiger partial charge is 0.255 e. The van der Waals surface area contributed by atoms with Crippen LogP contribution in [0.4, 0.5) is 0 Å². The minimum absolute atomic E-state index is 0.00587. The first-order valence-corrected chi connectivity index (χ1v) is 6.76. The Morgan fingerprint density at radius 2 is 2.15 bits per heavy atom. The highest BCUT2D eigenvalue weighted by Crippen LogP contribution is 2.18. The molecule has 2 aromatic rings. The Bertz CT molecular complexity index is 644. The molecule has 106 valence electrons. The van der Waals surface area contributed by atoms with Gasteiger partial charge in [-0.2, -0.15) is 0 Å². The van der Waals surface area contributed by atoms with E-state index in [0.29, 0.717) is 18.7 Å². The monoisotopic (exact) mass is 274 g/mol. The summed E-state index contributed by atoms with van der Waals surface area (Å²) >= 11 is 0. The number of carbonyl (C=O) groups is 1. The van der Waals surface area contributed by atoms with E-state index >= 15 is 0 Å². The van der Waals surface area contributed by atoms with Gasteiger partial charge < -0.3 is 14.2 Å². The Morgan fingerprint density at radius 1 is 1.40 bits per heavy atom. The Labute approximate surface area is 117 Å². The molecule has 1 saturated heterocycles. The van der Waals surface area contributed by atoms with Crippen LogP contribution in [0.2, 0.25) is 0 Å². The van der Waals surface area contributed by atoms with E-state index in [4.69, 9.17) is 4.74 Å². The number of aromatic nitrogens is 3. The number of pyridine rings is 1. The van der Waals surface area contributed by atoms with Crippen molar-refractivity contribution in [1.29, 1.82) is 0 Å². The average Bonchev–Trinajstić information content (AvgIpc) is 2.73. The quantitative estimate of drug-likeness (QED) is 0.844. The molecule has 1 aliphatic rings. The predicted octanol–water partition coefficient (Wildman–Crippen LogP) is 1.22. The average molecular weight is 274 g/mol. The lowest BCUT2D eigenvalue weighted by atomic mass is 10.1. The molecule has 1 fully saturated rings. The molecule has 0 atom stereocenters. The molecule has 2 aromatic heterocycles. The van der Waals surface area contributed by atoms with E-state index in [1.165, 1.54) is 0 Å². The molecule has 0 aromatic carbocycles. The zero-order chi connectivity index (χ0) is 14.3. The lowest BCUT2D eigenvalue weighted by Gasteiger charge is -2.39. The van der Waals surface area contributed by atoms with E-state index in [-0.39, 0.29) is 18.1 Å². The maximum atomic E-state index is 12.3. The Morgan fingerprint density at radius 3 is 2.85 bits per heavy atom. The van der Waals surface area contributed by atoms with E-state index in [1.807, 2.05) is 25.5 Å². The van der Waals surface area contributed by atoms with Crippen LogP contribution in [-0.2, 0) is 11.8 Å². The van der Waals surface area contributed by atoms with Gasteiger partial charge in [-0.3, -0.25) is 4.79 Å². The molecule has 0 bridgehead atoms. The van der Waals surface area contributed by atoms with Crippen molar-refractivity contribution >= 4 is 17.1 Å². The fraction of sp³-hybridized carbons (Fsp3) is 0.500. The van der Waals surface area contributed by atoms with Crippen LogP contribution in [0.25, 0.3) is 11.2 Å². The van der Waals surface area contributed by atoms with Crippen molar-refractivity contribution in [2.24, 2.45) is 7.05 Å². The molecular weight excluding hydrogens is 256 g/mol. The summed E-state index contributed by atoms with van der Waals surface area (Å²) in [6.07, 6.45) is 3.67. The molecule has 6 nitrogen and oxygen atoms in total. The molecule has 3 heterocycles. The van der Waals surface area contributed by atoms with Crippen LogP contribution in [0, 0.1) is 0 Å². The SMILES string of the molecule is CC(C)OC1CN(C(=O)c2cnc3c(c2)ncn3C)C1. The highest BCUT2D eigenvalue weighted by Gasteiger charge is 2.32. The lowest BCUT2D eigenvalue weighted by molar-refractivity contribution is -0.0684. The van der Waals surface area contributed by atoms with Crippen LogP contribution in [-0.4, -0.2) is 50.6 Å². The minimum atomic E-state index is -0.00587. The van der Waals surface area contributed by atoms with Crippen molar-refractivity contribution in [2.45, 2.75) is 26.1 Å². The number of amides is 1. The molecule has 20 heavy (non-hydrogen) atoms. The number of rotatable bonds is 3. The topological polar surface area (TPSA) is 60.2 Å². The van der Waals surface area contributed by atoms with Crippen LogP contribution < -0.4 is 0 Å². The number of imidazole rings is 1. The van der Waals surface area contributed by atoms with Gasteiger partial charge in [0.25, 0.3) is 5.91 Å². The molecule has 0 saturated carbocycles. The number of hydrogen-bond acceptors (Lipinski definition) is 4. The summed E-state index contributed by atoms with van der Waals surface area (Å²) in [5.41, 5.74) is 2.11. The zero-order valence-corrected chi connectivity index (χ0v) is 11.9. The molecule has 0 radical (unpaired) electrons. The number of likely N-dealkylation sites (tertiary alicyclic amines) is 1. The summed E-state index contributed by atoms with van der Waals surface area (Å²) < 4.78 is 7.48. The van der Waals surface area contributed by atoms with Crippen molar-refractivity contribution in [3.05, 3.63) is 24.2 Å². The Hall–Kier alpha value is -1.95. The van der Waals surface area contributed by atoms with Crippen molar-refractivity contribution in [1.82, 2.24) is 19.4 Å². The predicted molar refractivity (Wildman–Crippen MR) is 74.4 cm³/mol. The summed E-state index contributed by atoms with van der Waals surface area (Å²) in [5, 5.41) is 0. The Balaban J connectivity index is 1.71. The number of fused-ring (bicyclic) bond motifs is 1. The molecular formula is C14H18N4O2. The summed E-state index contributed by atoms with van der Waals surface area (Å²) in [7, 11) is 1.88. The second kappa shape index (κ2) is 4.86. The van der Waals surface area contributed by atoms with E-state index in [9.17, 15) is 4.79 Å². The normalized spacial score (nSPS) is 15.9. The first kappa shape index (κ1) is 13.1. The van der Waals surface area contributed by atoms with E-state index in [1.54, 1.807) is 23.5 Å². The molecule has 0 aliphatic carbocycles. The zero-order valence-electron chi connectivity index (χ0n) is 11.9. The van der Waals surface area contributed by atoms with E-state index < -0.39 is 0 Å². The van der Waals surface area contributed by atoms with Gasteiger partial charge in [0.1, 0.15) is 5.52 Å². The van der Waals surface area contributed by atoms with Crippen molar-refractivity contribution in [3.63, 3.8) is 0 Å². The summed E-state index contributed by atoms with van der Waals surface area (Å²) in [5.74, 6) is -0.00587. The third-order valence-corrected chi connectivity index (χ3v) is 3.40. The molecule has 0 unspecified atom stereocenters. The van der Waals surface area contributed by atoms with Crippen LogP contribution in [0.15, 0.2) is 18.6 Å². The van der Waals surface area contributed by atoms with Gasteiger partial charge in [0.2, 0.25) is 0 Å². The minimum Gasteiger partial charge on any atom is -0.372 e. The molecule has 0 spiro atoms. The summed E-state index contributed by atoms with van der Waals surface area (Å²) in [6, 6.07) is 1.79. The van der Waals surface area contributed by atoms with Crippen LogP contribution in [0.5, 0.6) is 0 Å².